The molecule has 1 aliphatic rings. The van der Waals surface area contributed by atoms with E-state index in [0.29, 0.717) is 11.1 Å². The lowest BCUT2D eigenvalue weighted by molar-refractivity contribution is -0.140. The number of carboxylic acid groups (broad SMARTS) is 1. The molecule has 2 aromatic carbocycles. The van der Waals surface area contributed by atoms with E-state index in [1.165, 1.54) is 0 Å². The summed E-state index contributed by atoms with van der Waals surface area (Å²) in [6, 6.07) is 17.2. The standard InChI is InChI=1S/C24H27NO6/c26-20(27)16-24(14-8-3-9-15-24)17-25-23(29)31-22(19-12-6-2-7-13-19)30-21(28)18-10-4-1-5-11-18/h1-2,4-7,10-13,22H,3,8-9,14-17H2,(H,25,29)(H,26,27). The third-order valence-electron chi connectivity index (χ3n) is 5.56. The maximum Gasteiger partial charge on any atom is 0.410 e. The van der Waals surface area contributed by atoms with Gasteiger partial charge in [0.2, 0.25) is 0 Å². The van der Waals surface area contributed by atoms with Gasteiger partial charge in [0, 0.05) is 12.1 Å². The first-order valence-electron chi connectivity index (χ1n) is 10.4. The second kappa shape index (κ2) is 10.6. The Bertz CT molecular complexity index is 877. The predicted molar refractivity (Wildman–Crippen MR) is 113 cm³/mol. The average molecular weight is 425 g/mol. The van der Waals surface area contributed by atoms with E-state index in [9.17, 15) is 19.5 Å². The van der Waals surface area contributed by atoms with Crippen molar-refractivity contribution in [2.45, 2.75) is 44.8 Å². The number of carboxylic acids is 1. The van der Waals surface area contributed by atoms with Crippen LogP contribution in [0.15, 0.2) is 60.7 Å². The molecule has 1 aliphatic carbocycles. The van der Waals surface area contributed by atoms with Gasteiger partial charge in [-0.25, -0.2) is 9.59 Å². The highest BCUT2D eigenvalue weighted by Gasteiger charge is 2.35. The van der Waals surface area contributed by atoms with Gasteiger partial charge in [0.25, 0.3) is 6.29 Å². The number of aliphatic carboxylic acids is 1. The molecule has 0 aromatic heterocycles. The Morgan fingerprint density at radius 1 is 0.903 bits per heavy atom. The molecule has 7 nitrogen and oxygen atoms in total. The molecule has 2 N–H and O–H groups in total. The van der Waals surface area contributed by atoms with Gasteiger partial charge in [0.05, 0.1) is 12.0 Å². The van der Waals surface area contributed by atoms with Crippen LogP contribution in [0.4, 0.5) is 4.79 Å². The Morgan fingerprint density at radius 2 is 1.52 bits per heavy atom. The Hall–Kier alpha value is -3.35. The maximum atomic E-state index is 12.5. The van der Waals surface area contributed by atoms with Crippen molar-refractivity contribution in [1.82, 2.24) is 5.32 Å². The van der Waals surface area contributed by atoms with E-state index < -0.39 is 29.7 Å². The first kappa shape index (κ1) is 22.3. The lowest BCUT2D eigenvalue weighted by Gasteiger charge is -2.36. The highest BCUT2D eigenvalue weighted by Crippen LogP contribution is 2.38. The van der Waals surface area contributed by atoms with Crippen molar-refractivity contribution in [2.75, 3.05) is 6.54 Å². The monoisotopic (exact) mass is 425 g/mol. The van der Waals surface area contributed by atoms with E-state index in [-0.39, 0.29) is 13.0 Å². The van der Waals surface area contributed by atoms with E-state index in [0.717, 1.165) is 32.1 Å². The maximum absolute atomic E-state index is 12.5. The highest BCUT2D eigenvalue weighted by atomic mass is 16.7. The van der Waals surface area contributed by atoms with Crippen molar-refractivity contribution in [3.63, 3.8) is 0 Å². The van der Waals surface area contributed by atoms with Crippen molar-refractivity contribution < 1.29 is 29.0 Å². The van der Waals surface area contributed by atoms with Crippen LogP contribution in [0.25, 0.3) is 0 Å². The highest BCUT2D eigenvalue weighted by molar-refractivity contribution is 5.89. The summed E-state index contributed by atoms with van der Waals surface area (Å²) in [6.07, 6.45) is 2.43. The normalized spacial score (nSPS) is 16.0. The molecule has 1 unspecified atom stereocenters. The van der Waals surface area contributed by atoms with Crippen LogP contribution in [-0.2, 0) is 14.3 Å². The van der Waals surface area contributed by atoms with Gasteiger partial charge >= 0.3 is 18.0 Å². The molecular weight excluding hydrogens is 398 g/mol. The number of amides is 1. The summed E-state index contributed by atoms with van der Waals surface area (Å²) in [5.74, 6) is -1.49. The zero-order valence-corrected chi connectivity index (χ0v) is 17.3. The first-order chi connectivity index (χ1) is 15.0. The third-order valence-corrected chi connectivity index (χ3v) is 5.56. The van der Waals surface area contributed by atoms with E-state index in [4.69, 9.17) is 9.47 Å². The molecule has 1 atom stereocenters. The molecular formula is C24H27NO6. The molecule has 3 rings (SSSR count). The summed E-state index contributed by atoms with van der Waals surface area (Å²) in [4.78, 5) is 36.4. The zero-order chi connectivity index (χ0) is 22.1. The minimum atomic E-state index is -1.23. The van der Waals surface area contributed by atoms with Gasteiger partial charge in [-0.15, -0.1) is 0 Å². The zero-order valence-electron chi connectivity index (χ0n) is 17.3. The Balaban J connectivity index is 1.66. The van der Waals surface area contributed by atoms with Crippen molar-refractivity contribution >= 4 is 18.0 Å². The van der Waals surface area contributed by atoms with Crippen molar-refractivity contribution in [3.05, 3.63) is 71.8 Å². The van der Waals surface area contributed by atoms with Gasteiger partial charge in [-0.05, 0) is 30.4 Å². The van der Waals surface area contributed by atoms with Gasteiger partial charge in [-0.1, -0.05) is 67.8 Å². The van der Waals surface area contributed by atoms with Crippen LogP contribution in [0.3, 0.4) is 0 Å². The molecule has 2 aromatic rings. The summed E-state index contributed by atoms with van der Waals surface area (Å²) in [6.45, 7) is 0.201. The average Bonchev–Trinajstić information content (AvgIpc) is 2.78. The van der Waals surface area contributed by atoms with Gasteiger partial charge in [0.15, 0.2) is 0 Å². The minimum absolute atomic E-state index is 0.00160. The second-order valence-corrected chi connectivity index (χ2v) is 7.90. The lowest BCUT2D eigenvalue weighted by Crippen LogP contribution is -2.41. The van der Waals surface area contributed by atoms with E-state index in [1.54, 1.807) is 60.7 Å². The number of alkyl carbamates (subject to hydrolysis) is 1. The van der Waals surface area contributed by atoms with E-state index >= 15 is 0 Å². The molecule has 7 heteroatoms. The molecule has 0 spiro atoms. The second-order valence-electron chi connectivity index (χ2n) is 7.90. The predicted octanol–water partition coefficient (Wildman–Crippen LogP) is 4.69. The summed E-state index contributed by atoms with van der Waals surface area (Å²) in [5, 5.41) is 12.0. The summed E-state index contributed by atoms with van der Waals surface area (Å²) in [7, 11) is 0. The topological polar surface area (TPSA) is 102 Å². The quantitative estimate of drug-likeness (QED) is 0.470. The van der Waals surface area contributed by atoms with Crippen LogP contribution in [0.2, 0.25) is 0 Å². The van der Waals surface area contributed by atoms with Gasteiger partial charge in [0.1, 0.15) is 0 Å². The van der Waals surface area contributed by atoms with Crippen molar-refractivity contribution in [3.8, 4) is 0 Å². The number of ether oxygens (including phenoxy) is 2. The molecule has 0 radical (unpaired) electrons. The molecule has 164 valence electrons. The summed E-state index contributed by atoms with van der Waals surface area (Å²) < 4.78 is 10.9. The van der Waals surface area contributed by atoms with Gasteiger partial charge in [-0.2, -0.15) is 0 Å². The molecule has 1 amide bonds. The SMILES string of the molecule is O=C(O)CC1(CNC(=O)OC(OC(=O)c2ccccc2)c2ccccc2)CCCCC1. The van der Waals surface area contributed by atoms with Crippen LogP contribution in [0.1, 0.15) is 60.7 Å². The Kier molecular flexibility index (Phi) is 7.65. The molecule has 31 heavy (non-hydrogen) atoms. The van der Waals surface area contributed by atoms with Crippen LogP contribution in [0.5, 0.6) is 0 Å². The number of esters is 1. The number of hydrogen-bond donors (Lipinski definition) is 2. The number of carbonyl (C=O) groups is 3. The van der Waals surface area contributed by atoms with Crippen LogP contribution >= 0.6 is 0 Å². The molecule has 1 fully saturated rings. The fourth-order valence-electron chi connectivity index (χ4n) is 3.95. The molecule has 0 saturated heterocycles. The van der Waals surface area contributed by atoms with Gasteiger partial charge in [-0.3, -0.25) is 4.79 Å². The number of benzene rings is 2. The number of rotatable bonds is 8. The van der Waals surface area contributed by atoms with Crippen LogP contribution in [0, 0.1) is 5.41 Å². The Labute approximate surface area is 181 Å². The fraction of sp³-hybridized carbons (Fsp3) is 0.375. The van der Waals surface area contributed by atoms with E-state index in [2.05, 4.69) is 5.32 Å². The summed E-state index contributed by atoms with van der Waals surface area (Å²) in [5.41, 5.74) is 0.376. The molecule has 0 aliphatic heterocycles. The summed E-state index contributed by atoms with van der Waals surface area (Å²) >= 11 is 0. The van der Waals surface area contributed by atoms with Crippen molar-refractivity contribution in [1.29, 1.82) is 0 Å². The van der Waals surface area contributed by atoms with Crippen LogP contribution < -0.4 is 5.32 Å². The lowest BCUT2D eigenvalue weighted by atomic mass is 9.72. The van der Waals surface area contributed by atoms with Crippen LogP contribution in [-0.4, -0.2) is 29.7 Å². The number of hydrogen-bond acceptors (Lipinski definition) is 5. The largest absolute Gasteiger partial charge is 0.481 e. The fourth-order valence-corrected chi connectivity index (χ4v) is 3.95. The first-order valence-corrected chi connectivity index (χ1v) is 10.4. The smallest absolute Gasteiger partial charge is 0.410 e. The van der Waals surface area contributed by atoms with E-state index in [1.807, 2.05) is 0 Å². The minimum Gasteiger partial charge on any atom is -0.481 e. The number of nitrogens with one attached hydrogen (secondary N) is 1. The van der Waals surface area contributed by atoms with Gasteiger partial charge < -0.3 is 19.9 Å². The Morgan fingerprint density at radius 3 is 2.13 bits per heavy atom. The molecule has 1 saturated carbocycles. The van der Waals surface area contributed by atoms with Crippen molar-refractivity contribution in [2.24, 2.45) is 5.41 Å². The molecule has 0 heterocycles. The number of carbonyl (C=O) groups excluding carboxylic acids is 2. The third kappa shape index (κ3) is 6.57. The molecule has 0 bridgehead atoms.